The number of carboxylic acid groups (broad SMARTS) is 1. The molecule has 0 radical (unpaired) electrons. The third-order valence-electron chi connectivity index (χ3n) is 4.66. The average Bonchev–Trinajstić information content (AvgIpc) is 3.10. The predicted molar refractivity (Wildman–Crippen MR) is 98.2 cm³/mol. The zero-order valence-electron chi connectivity index (χ0n) is 15.7. The standard InChI is InChI=1S/C19H20FN5O3/c1-10-8-13(4-6-15(10)20)17(18(27)28)24-16(26)7-5-14-11(2)23-19-21-9-22-25(19)12(14)3/h4,6,8-9,17H,5,7H2,1-3H3,(H,24,26)(H,27,28). The number of carbonyl (C=O) groups is 2. The van der Waals surface area contributed by atoms with Crippen LogP contribution in [0.1, 0.15) is 40.5 Å². The lowest BCUT2D eigenvalue weighted by Crippen LogP contribution is -2.34. The molecule has 0 bridgehead atoms. The Hall–Kier alpha value is -3.36. The molecule has 2 aromatic heterocycles. The molecule has 0 aliphatic carbocycles. The Kier molecular flexibility index (Phi) is 5.34. The number of aryl methyl sites for hydroxylation is 3. The molecule has 2 heterocycles. The third kappa shape index (κ3) is 3.83. The Morgan fingerprint density at radius 3 is 2.71 bits per heavy atom. The molecule has 1 amide bonds. The Morgan fingerprint density at radius 1 is 1.29 bits per heavy atom. The van der Waals surface area contributed by atoms with E-state index in [0.717, 1.165) is 17.0 Å². The van der Waals surface area contributed by atoms with Gasteiger partial charge in [-0.2, -0.15) is 10.1 Å². The fourth-order valence-corrected chi connectivity index (χ4v) is 3.12. The molecule has 1 unspecified atom stereocenters. The number of fused-ring (bicyclic) bond motifs is 1. The minimum atomic E-state index is -1.25. The maximum atomic E-state index is 13.4. The highest BCUT2D eigenvalue weighted by Gasteiger charge is 2.23. The summed E-state index contributed by atoms with van der Waals surface area (Å²) in [5, 5.41) is 16.1. The molecular formula is C19H20FN5O3. The maximum Gasteiger partial charge on any atom is 0.330 e. The van der Waals surface area contributed by atoms with E-state index in [1.165, 1.54) is 24.5 Å². The van der Waals surface area contributed by atoms with Gasteiger partial charge in [-0.1, -0.05) is 12.1 Å². The monoisotopic (exact) mass is 385 g/mol. The first-order chi connectivity index (χ1) is 13.3. The normalized spacial score (nSPS) is 12.1. The van der Waals surface area contributed by atoms with Gasteiger partial charge in [-0.3, -0.25) is 4.79 Å². The number of carbonyl (C=O) groups excluding carboxylic acids is 1. The maximum absolute atomic E-state index is 13.4. The number of hydrogen-bond donors (Lipinski definition) is 2. The van der Waals surface area contributed by atoms with Gasteiger partial charge in [0.2, 0.25) is 5.91 Å². The van der Waals surface area contributed by atoms with Crippen LogP contribution in [0.2, 0.25) is 0 Å². The van der Waals surface area contributed by atoms with Crippen molar-refractivity contribution in [3.8, 4) is 0 Å². The lowest BCUT2D eigenvalue weighted by atomic mass is 10.0. The molecule has 0 aliphatic rings. The SMILES string of the molecule is Cc1cc(C(NC(=O)CCc2c(C)nc3ncnn3c2C)C(=O)O)ccc1F. The number of halogens is 1. The lowest BCUT2D eigenvalue weighted by molar-refractivity contribution is -0.142. The molecule has 3 rings (SSSR count). The summed E-state index contributed by atoms with van der Waals surface area (Å²) in [6, 6.07) is 2.73. The van der Waals surface area contributed by atoms with Crippen LogP contribution < -0.4 is 5.32 Å². The number of aliphatic carboxylic acids is 1. The largest absolute Gasteiger partial charge is 0.479 e. The molecule has 146 valence electrons. The van der Waals surface area contributed by atoms with E-state index in [4.69, 9.17) is 0 Å². The van der Waals surface area contributed by atoms with E-state index in [9.17, 15) is 19.1 Å². The van der Waals surface area contributed by atoms with Gasteiger partial charge in [-0.15, -0.1) is 0 Å². The van der Waals surface area contributed by atoms with Gasteiger partial charge in [0.15, 0.2) is 6.04 Å². The Balaban J connectivity index is 1.73. The van der Waals surface area contributed by atoms with Crippen molar-refractivity contribution in [1.82, 2.24) is 24.9 Å². The Labute approximate surface area is 160 Å². The van der Waals surface area contributed by atoms with Crippen LogP contribution in [0.4, 0.5) is 4.39 Å². The van der Waals surface area contributed by atoms with Crippen molar-refractivity contribution in [2.24, 2.45) is 0 Å². The molecule has 1 atom stereocenters. The van der Waals surface area contributed by atoms with Crippen molar-refractivity contribution in [2.75, 3.05) is 0 Å². The van der Waals surface area contributed by atoms with Gasteiger partial charge < -0.3 is 10.4 Å². The molecule has 8 nitrogen and oxygen atoms in total. The summed E-state index contributed by atoms with van der Waals surface area (Å²) in [5.74, 6) is -1.58. The van der Waals surface area contributed by atoms with Crippen molar-refractivity contribution < 1.29 is 19.1 Å². The summed E-state index contributed by atoms with van der Waals surface area (Å²) in [6.07, 6.45) is 1.86. The number of hydrogen-bond acceptors (Lipinski definition) is 5. The van der Waals surface area contributed by atoms with E-state index in [2.05, 4.69) is 20.4 Å². The van der Waals surface area contributed by atoms with Crippen LogP contribution in [-0.4, -0.2) is 36.6 Å². The molecule has 0 fully saturated rings. The van der Waals surface area contributed by atoms with Crippen LogP contribution in [0.3, 0.4) is 0 Å². The van der Waals surface area contributed by atoms with Crippen LogP contribution >= 0.6 is 0 Å². The highest BCUT2D eigenvalue weighted by molar-refractivity contribution is 5.84. The summed E-state index contributed by atoms with van der Waals surface area (Å²) in [5.41, 5.74) is 3.07. The molecule has 0 saturated carbocycles. The van der Waals surface area contributed by atoms with Gasteiger partial charge >= 0.3 is 5.97 Å². The average molecular weight is 385 g/mol. The topological polar surface area (TPSA) is 109 Å². The van der Waals surface area contributed by atoms with Crippen LogP contribution in [0.15, 0.2) is 24.5 Å². The predicted octanol–water partition coefficient (Wildman–Crippen LogP) is 2.06. The molecule has 0 spiro atoms. The van der Waals surface area contributed by atoms with E-state index in [1.807, 2.05) is 13.8 Å². The van der Waals surface area contributed by atoms with E-state index in [1.54, 1.807) is 11.4 Å². The van der Waals surface area contributed by atoms with E-state index >= 15 is 0 Å². The molecule has 28 heavy (non-hydrogen) atoms. The number of nitrogens with one attached hydrogen (secondary N) is 1. The zero-order valence-corrected chi connectivity index (χ0v) is 15.7. The minimum absolute atomic E-state index is 0.0769. The number of amides is 1. The van der Waals surface area contributed by atoms with Crippen molar-refractivity contribution in [1.29, 1.82) is 0 Å². The van der Waals surface area contributed by atoms with Gasteiger partial charge in [-0.05, 0) is 49.9 Å². The zero-order chi connectivity index (χ0) is 20.4. The highest BCUT2D eigenvalue weighted by Crippen LogP contribution is 2.19. The molecule has 3 aromatic rings. The molecule has 2 N–H and O–H groups in total. The molecule has 0 aliphatic heterocycles. The van der Waals surface area contributed by atoms with Crippen LogP contribution in [0.25, 0.3) is 5.78 Å². The second-order valence-electron chi connectivity index (χ2n) is 6.58. The first-order valence-electron chi connectivity index (χ1n) is 8.72. The highest BCUT2D eigenvalue weighted by atomic mass is 19.1. The smallest absolute Gasteiger partial charge is 0.330 e. The third-order valence-corrected chi connectivity index (χ3v) is 4.66. The van der Waals surface area contributed by atoms with Crippen LogP contribution in [-0.2, 0) is 16.0 Å². The van der Waals surface area contributed by atoms with Gasteiger partial charge in [0, 0.05) is 17.8 Å². The summed E-state index contributed by atoms with van der Waals surface area (Å²) in [7, 11) is 0. The van der Waals surface area contributed by atoms with Gasteiger partial charge in [0.05, 0.1) is 0 Å². The molecule has 9 heteroatoms. The van der Waals surface area contributed by atoms with Crippen molar-refractivity contribution in [2.45, 2.75) is 39.7 Å². The fraction of sp³-hybridized carbons (Fsp3) is 0.316. The molecule has 1 aromatic carbocycles. The molecular weight excluding hydrogens is 365 g/mol. The van der Waals surface area contributed by atoms with Gasteiger partial charge in [-0.25, -0.2) is 18.7 Å². The second kappa shape index (κ2) is 7.71. The van der Waals surface area contributed by atoms with E-state index in [0.29, 0.717) is 23.3 Å². The number of nitrogens with zero attached hydrogens (tertiary/aromatic N) is 4. The number of carboxylic acids is 1. The summed E-state index contributed by atoms with van der Waals surface area (Å²) in [4.78, 5) is 32.4. The van der Waals surface area contributed by atoms with Crippen molar-refractivity contribution in [3.05, 3.63) is 58.4 Å². The fourth-order valence-electron chi connectivity index (χ4n) is 3.12. The minimum Gasteiger partial charge on any atom is -0.479 e. The van der Waals surface area contributed by atoms with Crippen LogP contribution in [0, 0.1) is 26.6 Å². The van der Waals surface area contributed by atoms with Gasteiger partial charge in [0.25, 0.3) is 5.78 Å². The molecule has 0 saturated heterocycles. The summed E-state index contributed by atoms with van der Waals surface area (Å²) in [6.45, 7) is 5.24. The summed E-state index contributed by atoms with van der Waals surface area (Å²) < 4.78 is 15.0. The van der Waals surface area contributed by atoms with E-state index in [-0.39, 0.29) is 6.42 Å². The van der Waals surface area contributed by atoms with E-state index < -0.39 is 23.7 Å². The lowest BCUT2D eigenvalue weighted by Gasteiger charge is -2.16. The number of aromatic nitrogens is 4. The second-order valence-corrected chi connectivity index (χ2v) is 6.58. The number of rotatable bonds is 6. The van der Waals surface area contributed by atoms with Crippen LogP contribution in [0.5, 0.6) is 0 Å². The first kappa shape index (κ1) is 19.4. The Bertz CT molecular complexity index is 1060. The quantitative estimate of drug-likeness (QED) is 0.672. The Morgan fingerprint density at radius 2 is 2.04 bits per heavy atom. The first-order valence-corrected chi connectivity index (χ1v) is 8.72. The number of benzene rings is 1. The van der Waals surface area contributed by atoms with Gasteiger partial charge in [0.1, 0.15) is 12.1 Å². The van der Waals surface area contributed by atoms with Crippen molar-refractivity contribution in [3.63, 3.8) is 0 Å². The summed E-state index contributed by atoms with van der Waals surface area (Å²) >= 11 is 0. The van der Waals surface area contributed by atoms with Crippen molar-refractivity contribution >= 4 is 17.7 Å².